The normalized spacial score (nSPS) is 13.8. The highest BCUT2D eigenvalue weighted by Gasteiger charge is 2.22. The number of hydrogen-bond acceptors (Lipinski definition) is 3. The lowest BCUT2D eigenvalue weighted by molar-refractivity contribution is -0.128. The molecule has 0 radical (unpaired) electrons. The van der Waals surface area contributed by atoms with Gasteiger partial charge < -0.3 is 4.90 Å². The Labute approximate surface area is 129 Å². The number of thioether (sulfide) groups is 1. The summed E-state index contributed by atoms with van der Waals surface area (Å²) in [7, 11) is 0. The lowest BCUT2D eigenvalue weighted by Crippen LogP contribution is -2.26. The van der Waals surface area contributed by atoms with Crippen LogP contribution >= 0.6 is 23.1 Å². The highest BCUT2D eigenvalue weighted by Crippen LogP contribution is 2.33. The summed E-state index contributed by atoms with van der Waals surface area (Å²) in [5.74, 6) is 0.333. The van der Waals surface area contributed by atoms with Gasteiger partial charge in [-0.2, -0.15) is 0 Å². The molecule has 1 aromatic carbocycles. The highest BCUT2D eigenvalue weighted by molar-refractivity contribution is 8.01. The minimum atomic E-state index is -2.44. The molecular weight excluding hydrogens is 312 g/mol. The molecule has 0 N–H and O–H groups in total. The Balaban J connectivity index is 1.55. The molecule has 2 nitrogen and oxygen atoms in total. The number of nitrogens with zero attached hydrogens (tertiary/aromatic N) is 1. The van der Waals surface area contributed by atoms with E-state index in [0.717, 1.165) is 15.5 Å². The smallest absolute Gasteiger partial charge is 0.272 e. The molecule has 0 unspecified atom stereocenters. The lowest BCUT2D eigenvalue weighted by atomic mass is 10.1. The summed E-state index contributed by atoms with van der Waals surface area (Å²) in [5, 5.41) is 0. The van der Waals surface area contributed by atoms with Crippen molar-refractivity contribution in [1.82, 2.24) is 4.90 Å². The third kappa shape index (κ3) is 3.27. The van der Waals surface area contributed by atoms with Crippen LogP contribution in [0.2, 0.25) is 0 Å². The summed E-state index contributed by atoms with van der Waals surface area (Å²) in [6.07, 6.45) is -2.44. The van der Waals surface area contributed by atoms with E-state index in [-0.39, 0.29) is 16.5 Å². The predicted octanol–water partition coefficient (Wildman–Crippen LogP) is 4.32. The van der Waals surface area contributed by atoms with Gasteiger partial charge in [-0.1, -0.05) is 24.3 Å². The van der Waals surface area contributed by atoms with E-state index in [1.54, 1.807) is 11.0 Å². The summed E-state index contributed by atoms with van der Waals surface area (Å²) in [6, 6.07) is 11.1. The number of hydrogen-bond donors (Lipinski definition) is 0. The van der Waals surface area contributed by atoms with Crippen LogP contribution in [0.1, 0.15) is 22.4 Å². The van der Waals surface area contributed by atoms with Crippen LogP contribution in [0.5, 0.6) is 0 Å². The molecule has 0 saturated carbocycles. The summed E-state index contributed by atoms with van der Waals surface area (Å²) >= 11 is 2.38. The van der Waals surface area contributed by atoms with Crippen LogP contribution in [0.15, 0.2) is 40.6 Å². The average Bonchev–Trinajstić information content (AvgIpc) is 3.11. The fraction of sp³-hybridized carbons (Fsp3) is 0.267. The zero-order valence-electron chi connectivity index (χ0n) is 11.1. The van der Waals surface area contributed by atoms with Gasteiger partial charge in [-0.3, -0.25) is 4.79 Å². The van der Waals surface area contributed by atoms with E-state index in [1.807, 2.05) is 24.3 Å². The molecule has 1 aromatic heterocycles. The van der Waals surface area contributed by atoms with Gasteiger partial charge in [0.15, 0.2) is 0 Å². The van der Waals surface area contributed by atoms with Gasteiger partial charge >= 0.3 is 0 Å². The number of thiophene rings is 1. The molecule has 0 aliphatic carbocycles. The van der Waals surface area contributed by atoms with Gasteiger partial charge in [0, 0.05) is 13.1 Å². The summed E-state index contributed by atoms with van der Waals surface area (Å²) in [4.78, 5) is 14.0. The monoisotopic (exact) mass is 325 g/mol. The summed E-state index contributed by atoms with van der Waals surface area (Å²) < 4.78 is 25.8. The first-order chi connectivity index (χ1) is 10.1. The number of carbonyl (C=O) groups excluding carboxylic acids is 1. The maximum Gasteiger partial charge on any atom is 0.272 e. The van der Waals surface area contributed by atoms with Crippen molar-refractivity contribution >= 4 is 29.0 Å². The van der Waals surface area contributed by atoms with Gasteiger partial charge in [-0.25, -0.2) is 8.78 Å². The molecule has 1 aliphatic rings. The van der Waals surface area contributed by atoms with Crippen molar-refractivity contribution in [2.24, 2.45) is 0 Å². The van der Waals surface area contributed by atoms with Crippen molar-refractivity contribution in [1.29, 1.82) is 0 Å². The van der Waals surface area contributed by atoms with Crippen molar-refractivity contribution in [2.75, 3.05) is 5.75 Å². The fourth-order valence-electron chi connectivity index (χ4n) is 2.26. The van der Waals surface area contributed by atoms with Crippen molar-refractivity contribution in [2.45, 2.75) is 23.7 Å². The Kier molecular flexibility index (Phi) is 4.26. The van der Waals surface area contributed by atoms with Crippen LogP contribution in [0.4, 0.5) is 8.78 Å². The Bertz CT molecular complexity index is 632. The van der Waals surface area contributed by atoms with E-state index < -0.39 is 6.43 Å². The summed E-state index contributed by atoms with van der Waals surface area (Å²) in [6.45, 7) is 1.28. The maximum absolute atomic E-state index is 12.5. The second-order valence-corrected chi connectivity index (χ2v) is 7.16. The molecule has 0 spiro atoms. The Morgan fingerprint density at radius 1 is 1.19 bits per heavy atom. The number of alkyl halides is 2. The van der Waals surface area contributed by atoms with Crippen LogP contribution in [0, 0.1) is 0 Å². The minimum absolute atomic E-state index is 0.0446. The van der Waals surface area contributed by atoms with Gasteiger partial charge in [-0.15, -0.1) is 23.1 Å². The SMILES string of the molecule is O=C(CSc1ccc(C(F)F)s1)N1Cc2ccccc2C1. The second kappa shape index (κ2) is 6.15. The van der Waals surface area contributed by atoms with Crippen LogP contribution in [-0.4, -0.2) is 16.6 Å². The van der Waals surface area contributed by atoms with Crippen LogP contribution < -0.4 is 0 Å². The summed E-state index contributed by atoms with van der Waals surface area (Å²) in [5.41, 5.74) is 2.37. The van der Waals surface area contributed by atoms with E-state index in [9.17, 15) is 13.6 Å². The number of rotatable bonds is 4. The third-order valence-corrected chi connectivity index (χ3v) is 5.65. The molecule has 0 saturated heterocycles. The van der Waals surface area contributed by atoms with E-state index >= 15 is 0 Å². The molecule has 1 amide bonds. The average molecular weight is 325 g/mol. The molecule has 0 bridgehead atoms. The molecule has 2 aromatic rings. The number of benzene rings is 1. The standard InChI is InChI=1S/C15H13F2NOS2/c16-15(17)12-5-6-14(21-12)20-9-13(19)18-7-10-3-1-2-4-11(10)8-18/h1-6,15H,7-9H2. The zero-order chi connectivity index (χ0) is 14.8. The topological polar surface area (TPSA) is 20.3 Å². The minimum Gasteiger partial charge on any atom is -0.333 e. The van der Waals surface area contributed by atoms with Crippen LogP contribution in [0.3, 0.4) is 0 Å². The fourth-order valence-corrected chi connectivity index (χ4v) is 4.17. The molecule has 21 heavy (non-hydrogen) atoms. The largest absolute Gasteiger partial charge is 0.333 e. The van der Waals surface area contributed by atoms with Gasteiger partial charge in [-0.05, 0) is 23.3 Å². The number of carbonyl (C=O) groups is 1. The Hall–Kier alpha value is -1.40. The number of amides is 1. The lowest BCUT2D eigenvalue weighted by Gasteiger charge is -2.14. The van der Waals surface area contributed by atoms with E-state index in [1.165, 1.54) is 29.0 Å². The second-order valence-electron chi connectivity index (χ2n) is 4.76. The molecule has 0 fully saturated rings. The van der Waals surface area contributed by atoms with Crippen molar-refractivity contribution in [3.05, 3.63) is 52.4 Å². The van der Waals surface area contributed by atoms with Crippen LogP contribution in [0.25, 0.3) is 0 Å². The van der Waals surface area contributed by atoms with E-state index in [0.29, 0.717) is 13.1 Å². The first kappa shape index (κ1) is 14.5. The molecular formula is C15H13F2NOS2. The van der Waals surface area contributed by atoms with Crippen LogP contribution in [-0.2, 0) is 17.9 Å². The van der Waals surface area contributed by atoms with Gasteiger partial charge in [0.25, 0.3) is 6.43 Å². The van der Waals surface area contributed by atoms with E-state index in [4.69, 9.17) is 0 Å². The van der Waals surface area contributed by atoms with Crippen molar-refractivity contribution in [3.8, 4) is 0 Å². The van der Waals surface area contributed by atoms with Gasteiger partial charge in [0.05, 0.1) is 14.8 Å². The van der Waals surface area contributed by atoms with Gasteiger partial charge in [0.1, 0.15) is 0 Å². The van der Waals surface area contributed by atoms with Crippen molar-refractivity contribution < 1.29 is 13.6 Å². The first-order valence-corrected chi connectivity index (χ1v) is 8.29. The molecule has 110 valence electrons. The van der Waals surface area contributed by atoms with Crippen molar-refractivity contribution in [3.63, 3.8) is 0 Å². The Morgan fingerprint density at radius 3 is 2.43 bits per heavy atom. The number of fused-ring (bicyclic) bond motifs is 1. The molecule has 6 heteroatoms. The van der Waals surface area contributed by atoms with Gasteiger partial charge in [0.2, 0.25) is 5.91 Å². The highest BCUT2D eigenvalue weighted by atomic mass is 32.2. The predicted molar refractivity (Wildman–Crippen MR) is 80.7 cm³/mol. The quantitative estimate of drug-likeness (QED) is 0.780. The Morgan fingerprint density at radius 2 is 1.86 bits per heavy atom. The molecule has 2 heterocycles. The third-order valence-electron chi connectivity index (χ3n) is 3.35. The molecule has 0 atom stereocenters. The maximum atomic E-state index is 12.5. The molecule has 3 rings (SSSR count). The zero-order valence-corrected chi connectivity index (χ0v) is 12.7. The first-order valence-electron chi connectivity index (χ1n) is 6.49. The number of halogens is 2. The molecule has 1 aliphatic heterocycles. The van der Waals surface area contributed by atoms with E-state index in [2.05, 4.69) is 0 Å².